The number of aromatic nitrogens is 2. The predicted molar refractivity (Wildman–Crippen MR) is 205 cm³/mol. The number of benzene rings is 2. The Morgan fingerprint density at radius 1 is 1.11 bits per heavy atom. The van der Waals surface area contributed by atoms with E-state index in [0.717, 1.165) is 11.6 Å². The standard InChI is InChI=1S/C42H44N4O9/c1-4-21(2)41(52)54-32-17-29-37(51)35-31(50)16-26(19-47)53-39(35)36-34(30(20-48)23-6-5-7-25(49)15-23)27-12-13-45-40(44)28(27)10-9-24(42(32,3)55-38(29)36)14-22-8-11-33(43)46-18-22/h4-8,11-13,15-16,18,24,30,32,34,47-49,51H,9-10,14,17,19-20H2,1-3H3,(H2,43,46)(H2,44,45)/b21-4-/t24-,30+,32+,34+,42-/m0/s1. The maximum atomic E-state index is 13.9. The van der Waals surface area contributed by atoms with Gasteiger partial charge in [-0.1, -0.05) is 24.3 Å². The molecule has 13 heteroatoms. The Hall–Kier alpha value is -5.92. The number of allylic oxidation sites excluding steroid dienone is 1. The molecule has 2 aromatic carbocycles. The summed E-state index contributed by atoms with van der Waals surface area (Å²) in [4.78, 5) is 36.3. The molecule has 5 atom stereocenters. The van der Waals surface area contributed by atoms with E-state index in [-0.39, 0.29) is 51.9 Å². The number of aromatic hydroxyl groups is 2. The molecular formula is C42H44N4O9. The van der Waals surface area contributed by atoms with E-state index in [4.69, 9.17) is 25.4 Å². The molecule has 7 rings (SSSR count). The number of phenols is 2. The van der Waals surface area contributed by atoms with Crippen LogP contribution in [0.1, 0.15) is 78.2 Å². The van der Waals surface area contributed by atoms with Gasteiger partial charge in [0.05, 0.1) is 6.61 Å². The molecule has 0 spiro atoms. The summed E-state index contributed by atoms with van der Waals surface area (Å²) in [7, 11) is 0. The summed E-state index contributed by atoms with van der Waals surface area (Å²) < 4.78 is 19.8. The van der Waals surface area contributed by atoms with E-state index in [9.17, 15) is 30.0 Å². The predicted octanol–water partition coefficient (Wildman–Crippen LogP) is 4.94. The molecule has 8 N–H and O–H groups in total. The summed E-state index contributed by atoms with van der Waals surface area (Å²) in [5.41, 5.74) is 14.3. The molecular weight excluding hydrogens is 704 g/mol. The topological polar surface area (TPSA) is 224 Å². The minimum Gasteiger partial charge on any atom is -0.508 e. The average molecular weight is 749 g/mol. The number of carbonyl (C=O) groups excluding carboxylic acids is 1. The fourth-order valence-corrected chi connectivity index (χ4v) is 8.24. The van der Waals surface area contributed by atoms with Crippen molar-refractivity contribution in [2.75, 3.05) is 18.1 Å². The summed E-state index contributed by atoms with van der Waals surface area (Å²) in [5, 5.41) is 44.1. The maximum Gasteiger partial charge on any atom is 0.333 e. The summed E-state index contributed by atoms with van der Waals surface area (Å²) in [6, 6.07) is 13.0. The van der Waals surface area contributed by atoms with Crippen molar-refractivity contribution in [2.24, 2.45) is 5.92 Å². The Morgan fingerprint density at radius 3 is 2.60 bits per heavy atom. The number of anilines is 2. The molecule has 0 fully saturated rings. The number of rotatable bonds is 8. The molecule has 0 aliphatic carbocycles. The van der Waals surface area contributed by atoms with E-state index in [2.05, 4.69) is 9.97 Å². The Balaban J connectivity index is 1.61. The molecule has 0 saturated carbocycles. The third kappa shape index (κ3) is 6.63. The highest BCUT2D eigenvalue weighted by atomic mass is 16.6. The smallest absolute Gasteiger partial charge is 0.333 e. The first-order valence-electron chi connectivity index (χ1n) is 18.2. The van der Waals surface area contributed by atoms with E-state index < -0.39 is 53.9 Å². The second kappa shape index (κ2) is 14.7. The molecule has 0 unspecified atom stereocenters. The summed E-state index contributed by atoms with van der Waals surface area (Å²) in [6.07, 6.45) is 5.12. The lowest BCUT2D eigenvalue weighted by molar-refractivity contribution is -0.165. The van der Waals surface area contributed by atoms with Gasteiger partial charge in [0.25, 0.3) is 0 Å². The highest BCUT2D eigenvalue weighted by Crippen LogP contribution is 2.56. The van der Waals surface area contributed by atoms with Crippen molar-refractivity contribution in [3.8, 4) is 17.2 Å². The van der Waals surface area contributed by atoms with Crippen molar-refractivity contribution in [3.63, 3.8) is 0 Å². The van der Waals surface area contributed by atoms with Gasteiger partial charge >= 0.3 is 5.97 Å². The number of ether oxygens (including phenoxy) is 2. The molecule has 55 heavy (non-hydrogen) atoms. The van der Waals surface area contributed by atoms with E-state index in [1.54, 1.807) is 62.6 Å². The lowest BCUT2D eigenvalue weighted by Crippen LogP contribution is -2.57. The maximum absolute atomic E-state index is 13.9. The van der Waals surface area contributed by atoms with Gasteiger partial charge in [-0.25, -0.2) is 14.8 Å². The van der Waals surface area contributed by atoms with Crippen LogP contribution < -0.4 is 21.6 Å². The number of aliphatic hydroxyl groups is 2. The first-order valence-corrected chi connectivity index (χ1v) is 18.2. The van der Waals surface area contributed by atoms with E-state index in [1.165, 1.54) is 6.07 Å². The fourth-order valence-electron chi connectivity index (χ4n) is 8.24. The van der Waals surface area contributed by atoms with E-state index in [0.29, 0.717) is 52.9 Å². The number of nitrogens with zero attached hydrogens (tertiary/aromatic N) is 2. The van der Waals surface area contributed by atoms with Crippen molar-refractivity contribution in [3.05, 3.63) is 122 Å². The second-order valence-corrected chi connectivity index (χ2v) is 14.5. The number of hydrogen-bond donors (Lipinski definition) is 6. The fraction of sp³-hybridized carbons (Fsp3) is 0.333. The number of esters is 1. The van der Waals surface area contributed by atoms with Crippen LogP contribution in [0.15, 0.2) is 81.8 Å². The third-order valence-electron chi connectivity index (χ3n) is 11.3. The number of nitrogens with two attached hydrogens (primary N) is 2. The Kier molecular flexibility index (Phi) is 10.0. The highest BCUT2D eigenvalue weighted by Gasteiger charge is 2.52. The van der Waals surface area contributed by atoms with E-state index >= 15 is 0 Å². The van der Waals surface area contributed by atoms with Crippen LogP contribution in [0, 0.1) is 5.92 Å². The van der Waals surface area contributed by atoms with Crippen molar-refractivity contribution in [1.29, 1.82) is 0 Å². The van der Waals surface area contributed by atoms with E-state index in [1.807, 2.05) is 13.0 Å². The molecule has 0 radical (unpaired) electrons. The van der Waals surface area contributed by atoms with Crippen LogP contribution in [0.4, 0.5) is 11.6 Å². The normalized spacial score (nSPS) is 21.3. The van der Waals surface area contributed by atoms with Crippen molar-refractivity contribution >= 4 is 28.6 Å². The second-order valence-electron chi connectivity index (χ2n) is 14.5. The third-order valence-corrected chi connectivity index (χ3v) is 11.3. The van der Waals surface area contributed by atoms with Crippen LogP contribution in [0.5, 0.6) is 17.2 Å². The quantitative estimate of drug-likeness (QED) is 0.0915. The number of fused-ring (bicyclic) bond motifs is 4. The van der Waals surface area contributed by atoms with Crippen LogP contribution in [0.3, 0.4) is 0 Å². The average Bonchev–Trinajstić information content (AvgIpc) is 3.16. The van der Waals surface area contributed by atoms with Crippen LogP contribution in [0.25, 0.3) is 11.0 Å². The lowest BCUT2D eigenvalue weighted by atomic mass is 9.69. The van der Waals surface area contributed by atoms with Crippen LogP contribution >= 0.6 is 0 Å². The number of nitrogen functional groups attached to an aromatic ring is 2. The first kappa shape index (κ1) is 37.4. The van der Waals surface area contributed by atoms with Gasteiger partial charge in [0, 0.05) is 59.3 Å². The summed E-state index contributed by atoms with van der Waals surface area (Å²) in [6.45, 7) is 4.19. The zero-order valence-electron chi connectivity index (χ0n) is 30.8. The van der Waals surface area contributed by atoms with Gasteiger partial charge in [-0.05, 0) is 86.6 Å². The minimum atomic E-state index is -1.29. The molecule has 5 aromatic rings. The highest BCUT2D eigenvalue weighted by molar-refractivity contribution is 5.92. The van der Waals surface area contributed by atoms with Crippen molar-refractivity contribution < 1.29 is 39.1 Å². The Morgan fingerprint density at radius 2 is 1.91 bits per heavy atom. The van der Waals surface area contributed by atoms with Gasteiger partial charge in [-0.3, -0.25) is 4.79 Å². The number of aliphatic hydroxyl groups excluding tert-OH is 2. The minimum absolute atomic E-state index is 0.0260. The molecule has 0 saturated heterocycles. The zero-order chi connectivity index (χ0) is 39.2. The number of carbonyl (C=O) groups is 1. The van der Waals surface area contributed by atoms with Gasteiger partial charge in [-0.15, -0.1) is 0 Å². The first-order chi connectivity index (χ1) is 26.4. The Bertz CT molecular complexity index is 2370. The van der Waals surface area contributed by atoms with Gasteiger partial charge in [0.2, 0.25) is 0 Å². The van der Waals surface area contributed by atoms with Gasteiger partial charge < -0.3 is 45.8 Å². The largest absolute Gasteiger partial charge is 0.508 e. The molecule has 3 aromatic heterocycles. The zero-order valence-corrected chi connectivity index (χ0v) is 30.8. The summed E-state index contributed by atoms with van der Waals surface area (Å²) in [5.74, 6) is -2.36. The molecule has 13 nitrogen and oxygen atoms in total. The number of phenolic OH excluding ortho intramolecular Hbond substituents is 2. The Labute approximate surface area is 316 Å². The molecule has 2 aliphatic rings. The SMILES string of the molecule is C/C=C(/C)C(=O)O[C@@H]1Cc2c3c(c4oc(CO)cc(=O)c4c2O)[C@@H]([C@H](CO)c2cccc(O)c2)c2ccnc(N)c2CC[C@@H](Cc2ccc(N)nc2)[C@]1(C)O3. The molecule has 2 bridgehead atoms. The van der Waals surface area contributed by atoms with Crippen LogP contribution in [0.2, 0.25) is 0 Å². The van der Waals surface area contributed by atoms with Gasteiger partial charge in [0.1, 0.15) is 63.9 Å². The monoisotopic (exact) mass is 748 g/mol. The van der Waals surface area contributed by atoms with Crippen LogP contribution in [-0.4, -0.2) is 54.7 Å². The molecule has 0 amide bonds. The molecule has 286 valence electrons. The summed E-state index contributed by atoms with van der Waals surface area (Å²) >= 11 is 0. The van der Waals surface area contributed by atoms with Gasteiger partial charge in [0.15, 0.2) is 5.43 Å². The van der Waals surface area contributed by atoms with Crippen LogP contribution in [-0.2, 0) is 35.4 Å². The molecule has 5 heterocycles. The number of pyridine rings is 2. The van der Waals surface area contributed by atoms with Gasteiger partial charge in [-0.2, -0.15) is 0 Å². The lowest BCUT2D eigenvalue weighted by Gasteiger charge is -2.48. The molecule has 2 aliphatic heterocycles. The van der Waals surface area contributed by atoms with Crippen molar-refractivity contribution in [1.82, 2.24) is 9.97 Å². The van der Waals surface area contributed by atoms with Crippen molar-refractivity contribution in [2.45, 2.75) is 76.6 Å². The number of hydrogen-bond acceptors (Lipinski definition) is 13.